The van der Waals surface area contributed by atoms with Gasteiger partial charge in [0.25, 0.3) is 0 Å². The van der Waals surface area contributed by atoms with Gasteiger partial charge in [-0.25, -0.2) is 4.39 Å². The van der Waals surface area contributed by atoms with E-state index in [0.29, 0.717) is 12.0 Å². The molecule has 3 heteroatoms. The monoisotopic (exact) mass is 339 g/mol. The van der Waals surface area contributed by atoms with Gasteiger partial charge in [0, 0.05) is 18.7 Å². The Balaban J connectivity index is 0. The van der Waals surface area contributed by atoms with Crippen molar-refractivity contribution in [3.63, 3.8) is 0 Å². The number of aryl methyl sites for hydroxylation is 1. The number of carbonyl (C=O) groups excluding carboxylic acids is 1. The molecule has 0 spiro atoms. The zero-order valence-electron chi connectivity index (χ0n) is 17.1. The molecule has 1 amide bonds. The Morgan fingerprint density at radius 3 is 1.92 bits per heavy atom. The number of benzene rings is 1. The molecule has 2 nitrogen and oxygen atoms in total. The third kappa shape index (κ3) is 7.94. The molecule has 0 N–H and O–H groups in total. The van der Waals surface area contributed by atoms with E-state index in [-0.39, 0.29) is 17.8 Å². The average Bonchev–Trinajstić information content (AvgIpc) is 2.60. The highest BCUT2D eigenvalue weighted by Crippen LogP contribution is 2.25. The molecule has 0 radical (unpaired) electrons. The Labute approximate surface area is 149 Å². The summed E-state index contributed by atoms with van der Waals surface area (Å²) >= 11 is 0. The van der Waals surface area contributed by atoms with E-state index >= 15 is 0 Å². The summed E-state index contributed by atoms with van der Waals surface area (Å²) in [5.74, 6) is -0.159. The summed E-state index contributed by atoms with van der Waals surface area (Å²) in [5, 5.41) is 0. The molecule has 0 saturated carbocycles. The Hall–Kier alpha value is -1.38. The lowest BCUT2D eigenvalue weighted by Gasteiger charge is -2.31. The summed E-state index contributed by atoms with van der Waals surface area (Å²) in [6, 6.07) is 5.21. The minimum absolute atomic E-state index is 0.0329. The van der Waals surface area contributed by atoms with Gasteiger partial charge in [-0.05, 0) is 43.0 Å². The first-order valence-corrected chi connectivity index (χ1v) is 9.63. The number of hydrogen-bond donors (Lipinski definition) is 0. The molecule has 0 saturated heterocycles. The molecule has 1 aromatic rings. The molecule has 0 aliphatic heterocycles. The summed E-state index contributed by atoms with van der Waals surface area (Å²) in [6.45, 7) is 15.8. The molecule has 0 heterocycles. The van der Waals surface area contributed by atoms with Crippen LogP contribution in [0.5, 0.6) is 0 Å². The van der Waals surface area contributed by atoms with Crippen molar-refractivity contribution < 1.29 is 9.18 Å². The zero-order valence-corrected chi connectivity index (χ0v) is 17.1. The minimum Gasteiger partial charge on any atom is -0.310 e. The Morgan fingerprint density at radius 1 is 1.04 bits per heavy atom. The fraction of sp³-hybridized carbons (Fsp3) is 0.667. The first-order valence-electron chi connectivity index (χ1n) is 9.63. The normalized spacial score (nSPS) is 9.58. The smallest absolute Gasteiger partial charge is 0.224 e. The quantitative estimate of drug-likeness (QED) is 0.537. The van der Waals surface area contributed by atoms with Crippen molar-refractivity contribution in [2.45, 2.75) is 93.5 Å². The van der Waals surface area contributed by atoms with Crippen molar-refractivity contribution in [3.05, 3.63) is 29.6 Å². The van der Waals surface area contributed by atoms with Crippen LogP contribution < -0.4 is 4.90 Å². The number of nitrogens with zero attached hydrogens (tertiary/aromatic N) is 1. The molecular weight excluding hydrogens is 301 g/mol. The summed E-state index contributed by atoms with van der Waals surface area (Å²) in [5.41, 5.74) is 1.49. The SMILES string of the molecule is CC.CC.CCCC(CCC)N(C(C)=O)c1ccc(F)c(CC)c1. The topological polar surface area (TPSA) is 20.3 Å². The first kappa shape index (κ1) is 24.9. The molecule has 0 aliphatic rings. The Morgan fingerprint density at radius 2 is 1.54 bits per heavy atom. The van der Waals surface area contributed by atoms with Crippen molar-refractivity contribution in [1.29, 1.82) is 0 Å². The van der Waals surface area contributed by atoms with Crippen LogP contribution in [0.3, 0.4) is 0 Å². The summed E-state index contributed by atoms with van der Waals surface area (Å²) in [4.78, 5) is 13.9. The molecule has 1 aromatic carbocycles. The van der Waals surface area contributed by atoms with Crippen molar-refractivity contribution in [2.24, 2.45) is 0 Å². The number of hydrogen-bond acceptors (Lipinski definition) is 1. The fourth-order valence-corrected chi connectivity index (χ4v) is 2.70. The third-order valence-corrected chi connectivity index (χ3v) is 3.64. The van der Waals surface area contributed by atoms with Crippen LogP contribution in [-0.4, -0.2) is 11.9 Å². The highest BCUT2D eigenvalue weighted by Gasteiger charge is 2.22. The summed E-state index contributed by atoms with van der Waals surface area (Å²) < 4.78 is 13.6. The highest BCUT2D eigenvalue weighted by atomic mass is 19.1. The van der Waals surface area contributed by atoms with Crippen LogP contribution >= 0.6 is 0 Å². The fourth-order valence-electron chi connectivity index (χ4n) is 2.70. The molecule has 0 fully saturated rings. The highest BCUT2D eigenvalue weighted by molar-refractivity contribution is 5.92. The molecule has 0 aliphatic carbocycles. The molecule has 140 valence electrons. The third-order valence-electron chi connectivity index (χ3n) is 3.64. The number of carbonyl (C=O) groups is 1. The lowest BCUT2D eigenvalue weighted by molar-refractivity contribution is -0.117. The van der Waals surface area contributed by atoms with Gasteiger partial charge < -0.3 is 4.90 Å². The van der Waals surface area contributed by atoms with Crippen LogP contribution in [0.25, 0.3) is 0 Å². The van der Waals surface area contributed by atoms with E-state index in [1.54, 1.807) is 13.0 Å². The van der Waals surface area contributed by atoms with E-state index in [0.717, 1.165) is 31.4 Å². The Bertz CT molecular complexity index is 439. The van der Waals surface area contributed by atoms with E-state index in [4.69, 9.17) is 0 Å². The van der Waals surface area contributed by atoms with Crippen molar-refractivity contribution in [3.8, 4) is 0 Å². The number of rotatable bonds is 7. The van der Waals surface area contributed by atoms with E-state index in [1.807, 2.05) is 45.6 Å². The maximum absolute atomic E-state index is 13.6. The van der Waals surface area contributed by atoms with Gasteiger partial charge in [0.05, 0.1) is 0 Å². The number of amides is 1. The van der Waals surface area contributed by atoms with Gasteiger partial charge in [0.15, 0.2) is 0 Å². The van der Waals surface area contributed by atoms with Crippen LogP contribution in [0.1, 0.15) is 86.6 Å². The molecule has 0 atom stereocenters. The predicted molar refractivity (Wildman–Crippen MR) is 105 cm³/mol. The number of anilines is 1. The van der Waals surface area contributed by atoms with Crippen molar-refractivity contribution in [2.75, 3.05) is 4.90 Å². The summed E-state index contributed by atoms with van der Waals surface area (Å²) in [6.07, 6.45) is 4.67. The summed E-state index contributed by atoms with van der Waals surface area (Å²) in [7, 11) is 0. The van der Waals surface area contributed by atoms with Crippen LogP contribution in [-0.2, 0) is 11.2 Å². The maximum atomic E-state index is 13.6. The molecule has 0 aromatic heterocycles. The van der Waals surface area contributed by atoms with Crippen molar-refractivity contribution in [1.82, 2.24) is 0 Å². The molecule has 0 bridgehead atoms. The lowest BCUT2D eigenvalue weighted by atomic mass is 10.0. The van der Waals surface area contributed by atoms with E-state index in [9.17, 15) is 9.18 Å². The second kappa shape index (κ2) is 15.2. The molecular formula is C21H38FNO. The van der Waals surface area contributed by atoms with Crippen LogP contribution in [0, 0.1) is 5.82 Å². The standard InChI is InChI=1S/C17H26FNO.2C2H6/c1-5-8-15(9-6-2)19(13(4)20)16-10-11-17(18)14(7-3)12-16;2*1-2/h10-12,15H,5-9H2,1-4H3;2*1-2H3. The van der Waals surface area contributed by atoms with Crippen LogP contribution in [0.15, 0.2) is 18.2 Å². The van der Waals surface area contributed by atoms with Crippen LogP contribution in [0.4, 0.5) is 10.1 Å². The van der Waals surface area contributed by atoms with Gasteiger partial charge in [0.2, 0.25) is 5.91 Å². The molecule has 0 unspecified atom stereocenters. The Kier molecular flexibility index (Phi) is 15.7. The maximum Gasteiger partial charge on any atom is 0.224 e. The van der Waals surface area contributed by atoms with E-state index in [1.165, 1.54) is 6.07 Å². The minimum atomic E-state index is -0.192. The van der Waals surface area contributed by atoms with Gasteiger partial charge in [-0.1, -0.05) is 61.3 Å². The zero-order chi connectivity index (χ0) is 19.1. The predicted octanol–water partition coefficient (Wildman–Crippen LogP) is 6.76. The second-order valence-electron chi connectivity index (χ2n) is 5.25. The van der Waals surface area contributed by atoms with Gasteiger partial charge in [-0.3, -0.25) is 4.79 Å². The van der Waals surface area contributed by atoms with Gasteiger partial charge in [-0.15, -0.1) is 0 Å². The number of halogens is 1. The van der Waals surface area contributed by atoms with Gasteiger partial charge >= 0.3 is 0 Å². The first-order chi connectivity index (χ1) is 11.5. The van der Waals surface area contributed by atoms with Crippen molar-refractivity contribution >= 4 is 11.6 Å². The van der Waals surface area contributed by atoms with E-state index in [2.05, 4.69) is 13.8 Å². The molecule has 24 heavy (non-hydrogen) atoms. The largest absolute Gasteiger partial charge is 0.310 e. The van der Waals surface area contributed by atoms with Gasteiger partial charge in [0.1, 0.15) is 5.82 Å². The average molecular weight is 340 g/mol. The van der Waals surface area contributed by atoms with Crippen LogP contribution in [0.2, 0.25) is 0 Å². The molecule has 1 rings (SSSR count). The lowest BCUT2D eigenvalue weighted by Crippen LogP contribution is -2.39. The second-order valence-corrected chi connectivity index (χ2v) is 5.25. The van der Waals surface area contributed by atoms with Gasteiger partial charge in [-0.2, -0.15) is 0 Å². The van der Waals surface area contributed by atoms with E-state index < -0.39 is 0 Å².